The Kier molecular flexibility index (Phi) is 2.75. The fourth-order valence-corrected chi connectivity index (χ4v) is 1.26. The highest BCUT2D eigenvalue weighted by atomic mass is 35.5. The van der Waals surface area contributed by atoms with Gasteiger partial charge in [0.2, 0.25) is 0 Å². The first-order chi connectivity index (χ1) is 4.83. The van der Waals surface area contributed by atoms with Gasteiger partial charge in [-0.2, -0.15) is 0 Å². The van der Waals surface area contributed by atoms with Gasteiger partial charge in [0.1, 0.15) is 0 Å². The maximum absolute atomic E-state index is 5.75. The molecule has 1 aliphatic rings. The molecule has 1 N–H and O–H groups in total. The van der Waals surface area contributed by atoms with E-state index in [4.69, 9.17) is 11.6 Å². The zero-order chi connectivity index (χ0) is 7.45. The zero-order valence-corrected chi connectivity index (χ0v) is 7.12. The van der Waals surface area contributed by atoms with Gasteiger partial charge < -0.3 is 5.32 Å². The highest BCUT2D eigenvalue weighted by molar-refractivity contribution is 6.18. The Morgan fingerprint density at radius 1 is 1.60 bits per heavy atom. The Morgan fingerprint density at radius 3 is 2.70 bits per heavy atom. The van der Waals surface area contributed by atoms with Crippen LogP contribution >= 0.6 is 11.6 Å². The Morgan fingerprint density at radius 2 is 2.30 bits per heavy atom. The molecule has 0 aliphatic heterocycles. The van der Waals surface area contributed by atoms with E-state index in [2.05, 4.69) is 17.5 Å². The summed E-state index contributed by atoms with van der Waals surface area (Å²) in [5.74, 6) is 0.755. The van der Waals surface area contributed by atoms with Crippen molar-refractivity contribution >= 4 is 11.6 Å². The molecule has 58 valence electrons. The molecule has 1 rings (SSSR count). The van der Waals surface area contributed by atoms with Crippen LogP contribution in [0.4, 0.5) is 0 Å². The van der Waals surface area contributed by atoms with Crippen LogP contribution in [0.2, 0.25) is 0 Å². The third-order valence-corrected chi connectivity index (χ3v) is 2.45. The van der Waals surface area contributed by atoms with Crippen molar-refractivity contribution in [1.29, 1.82) is 0 Å². The van der Waals surface area contributed by atoms with Crippen molar-refractivity contribution in [1.82, 2.24) is 5.32 Å². The molecule has 0 aromatic heterocycles. The van der Waals surface area contributed by atoms with Gasteiger partial charge in [-0.1, -0.05) is 12.2 Å². The third kappa shape index (κ3) is 1.99. The molecule has 1 aliphatic carbocycles. The van der Waals surface area contributed by atoms with Crippen molar-refractivity contribution < 1.29 is 0 Å². The summed E-state index contributed by atoms with van der Waals surface area (Å²) in [6, 6.07) is 0. The summed E-state index contributed by atoms with van der Waals surface area (Å²) in [4.78, 5) is 0. The van der Waals surface area contributed by atoms with Crippen LogP contribution in [0.5, 0.6) is 0 Å². The molecule has 0 saturated heterocycles. The first-order valence-electron chi connectivity index (χ1n) is 3.75. The van der Waals surface area contributed by atoms with Crippen molar-refractivity contribution in [2.75, 3.05) is 12.4 Å². The van der Waals surface area contributed by atoms with Gasteiger partial charge in [0.15, 0.2) is 0 Å². The van der Waals surface area contributed by atoms with E-state index in [0.29, 0.717) is 5.54 Å². The van der Waals surface area contributed by atoms with E-state index >= 15 is 0 Å². The molecule has 1 nitrogen and oxygen atoms in total. The number of allylic oxidation sites excluding steroid dienone is 1. The van der Waals surface area contributed by atoms with Crippen LogP contribution in [0.3, 0.4) is 0 Å². The minimum absolute atomic E-state index is 0.307. The van der Waals surface area contributed by atoms with Crippen LogP contribution in [0.15, 0.2) is 12.2 Å². The summed E-state index contributed by atoms with van der Waals surface area (Å²) >= 11 is 5.75. The van der Waals surface area contributed by atoms with E-state index in [-0.39, 0.29) is 0 Å². The molecular weight excluding hydrogens is 146 g/mol. The van der Waals surface area contributed by atoms with Crippen LogP contribution < -0.4 is 5.32 Å². The summed E-state index contributed by atoms with van der Waals surface area (Å²) in [5, 5.41) is 3.40. The van der Waals surface area contributed by atoms with Crippen molar-refractivity contribution in [3.8, 4) is 0 Å². The fourth-order valence-electron chi connectivity index (χ4n) is 0.902. The Bertz CT molecular complexity index is 127. The Labute approximate surface area is 67.5 Å². The van der Waals surface area contributed by atoms with Crippen LogP contribution in [-0.2, 0) is 0 Å². The lowest BCUT2D eigenvalue weighted by atomic mass is 10.3. The van der Waals surface area contributed by atoms with Crippen LogP contribution in [0, 0.1) is 0 Å². The highest BCUT2D eigenvalue weighted by Gasteiger charge is 2.40. The second kappa shape index (κ2) is 3.40. The Balaban J connectivity index is 2.12. The number of halogens is 1. The number of rotatable bonds is 4. The first-order valence-corrected chi connectivity index (χ1v) is 4.28. The Hall–Kier alpha value is -0.0100. The molecule has 0 aromatic rings. The number of hydrogen-bond acceptors (Lipinski definition) is 1. The molecule has 0 bridgehead atoms. The minimum atomic E-state index is 0.307. The predicted molar refractivity (Wildman–Crippen MR) is 45.5 cm³/mol. The second-order valence-electron chi connectivity index (χ2n) is 2.86. The molecule has 0 aromatic carbocycles. The summed E-state index contributed by atoms with van der Waals surface area (Å²) < 4.78 is 0. The molecule has 0 heterocycles. The van der Waals surface area contributed by atoms with E-state index in [1.54, 1.807) is 0 Å². The normalized spacial score (nSPS) is 21.8. The molecule has 0 unspecified atom stereocenters. The van der Waals surface area contributed by atoms with Crippen LogP contribution in [0.1, 0.15) is 19.8 Å². The van der Waals surface area contributed by atoms with Gasteiger partial charge in [-0.25, -0.2) is 0 Å². The van der Waals surface area contributed by atoms with E-state index in [1.165, 1.54) is 12.8 Å². The van der Waals surface area contributed by atoms with Crippen molar-refractivity contribution in [3.63, 3.8) is 0 Å². The van der Waals surface area contributed by atoms with E-state index in [1.807, 2.05) is 6.92 Å². The predicted octanol–water partition coefficient (Wildman–Crippen LogP) is 1.92. The van der Waals surface area contributed by atoms with Crippen LogP contribution in [0.25, 0.3) is 0 Å². The molecule has 0 spiro atoms. The maximum Gasteiger partial charge on any atom is 0.0406 e. The maximum atomic E-state index is 5.75. The van der Waals surface area contributed by atoms with Gasteiger partial charge >= 0.3 is 0 Å². The average Bonchev–Trinajstić information content (AvgIpc) is 2.70. The van der Waals surface area contributed by atoms with E-state index in [0.717, 1.165) is 12.4 Å². The number of alkyl halides is 1. The summed E-state index contributed by atoms with van der Waals surface area (Å²) in [5.41, 5.74) is 0.307. The minimum Gasteiger partial charge on any atom is -0.307 e. The summed E-state index contributed by atoms with van der Waals surface area (Å²) in [6.07, 6.45) is 6.66. The lowest BCUT2D eigenvalue weighted by Crippen LogP contribution is -2.32. The standard InChI is InChI=1S/C8H14ClN/c1-2-3-6-10-8(7-9)4-5-8/h2-3,10H,4-7H2,1H3/b3-2+. The molecular formula is C8H14ClN. The molecule has 2 heteroatoms. The average molecular weight is 160 g/mol. The van der Waals surface area contributed by atoms with Crippen molar-refractivity contribution in [2.45, 2.75) is 25.3 Å². The number of nitrogens with one attached hydrogen (secondary N) is 1. The largest absolute Gasteiger partial charge is 0.307 e. The second-order valence-corrected chi connectivity index (χ2v) is 3.13. The molecule has 10 heavy (non-hydrogen) atoms. The van der Waals surface area contributed by atoms with Crippen LogP contribution in [-0.4, -0.2) is 18.0 Å². The quantitative estimate of drug-likeness (QED) is 0.488. The van der Waals surface area contributed by atoms with Gasteiger partial charge in [0, 0.05) is 18.0 Å². The van der Waals surface area contributed by atoms with Gasteiger partial charge in [0.25, 0.3) is 0 Å². The summed E-state index contributed by atoms with van der Waals surface area (Å²) in [7, 11) is 0. The van der Waals surface area contributed by atoms with E-state index in [9.17, 15) is 0 Å². The molecule has 0 atom stereocenters. The smallest absolute Gasteiger partial charge is 0.0406 e. The third-order valence-electron chi connectivity index (χ3n) is 1.94. The topological polar surface area (TPSA) is 12.0 Å². The molecule has 1 fully saturated rings. The van der Waals surface area contributed by atoms with Gasteiger partial charge in [-0.3, -0.25) is 0 Å². The SMILES string of the molecule is C/C=C/CNC1(CCl)CC1. The fraction of sp³-hybridized carbons (Fsp3) is 0.750. The lowest BCUT2D eigenvalue weighted by molar-refractivity contribution is 0.581. The van der Waals surface area contributed by atoms with Gasteiger partial charge in [0.05, 0.1) is 0 Å². The number of hydrogen-bond donors (Lipinski definition) is 1. The summed E-state index contributed by atoms with van der Waals surface area (Å²) in [6.45, 7) is 2.99. The van der Waals surface area contributed by atoms with Crippen molar-refractivity contribution in [3.05, 3.63) is 12.2 Å². The molecule has 1 saturated carbocycles. The first kappa shape index (κ1) is 8.09. The van der Waals surface area contributed by atoms with Gasteiger partial charge in [-0.05, 0) is 19.8 Å². The highest BCUT2D eigenvalue weighted by Crippen LogP contribution is 2.35. The lowest BCUT2D eigenvalue weighted by Gasteiger charge is -2.10. The molecule has 0 radical (unpaired) electrons. The monoisotopic (exact) mass is 159 g/mol. The van der Waals surface area contributed by atoms with Crippen molar-refractivity contribution in [2.24, 2.45) is 0 Å². The zero-order valence-electron chi connectivity index (χ0n) is 6.36. The molecule has 0 amide bonds. The van der Waals surface area contributed by atoms with E-state index < -0.39 is 0 Å². The van der Waals surface area contributed by atoms with Gasteiger partial charge in [-0.15, -0.1) is 11.6 Å².